The van der Waals surface area contributed by atoms with Crippen LogP contribution in [0.4, 0.5) is 0 Å². The summed E-state index contributed by atoms with van der Waals surface area (Å²) in [5.41, 5.74) is 4.29. The zero-order valence-electron chi connectivity index (χ0n) is 12.1. The highest BCUT2D eigenvalue weighted by atomic mass is 16.3. The van der Waals surface area contributed by atoms with Crippen molar-refractivity contribution in [2.45, 2.75) is 52.3 Å². The van der Waals surface area contributed by atoms with Crippen molar-refractivity contribution in [2.24, 2.45) is 0 Å². The molecule has 1 aromatic carbocycles. The summed E-state index contributed by atoms with van der Waals surface area (Å²) in [7, 11) is 0. The third-order valence-corrected chi connectivity index (χ3v) is 3.73. The maximum atomic E-state index is 9.27. The van der Waals surface area contributed by atoms with Crippen LogP contribution in [-0.4, -0.2) is 22.7 Å². The largest absolute Gasteiger partial charge is 0.389 e. The SMILES string of the molecule is C/C(=C\C(C)O)CCCCN1Cc2ccccc2C1. The third-order valence-electron chi connectivity index (χ3n) is 3.73. The Hall–Kier alpha value is -1.12. The zero-order valence-corrected chi connectivity index (χ0v) is 12.1. The standard InChI is InChI=1S/C17H25NO/c1-14(11-15(2)19)7-5-6-10-18-12-16-8-3-4-9-17(16)13-18/h3-4,8-9,11,15,19H,5-7,10,12-13H2,1-2H3/b14-11+. The highest BCUT2D eigenvalue weighted by Crippen LogP contribution is 2.22. The lowest BCUT2D eigenvalue weighted by atomic mass is 10.1. The van der Waals surface area contributed by atoms with E-state index in [1.807, 2.05) is 13.0 Å². The van der Waals surface area contributed by atoms with E-state index in [-0.39, 0.29) is 6.10 Å². The Morgan fingerprint density at radius 3 is 2.47 bits per heavy atom. The van der Waals surface area contributed by atoms with Gasteiger partial charge in [-0.1, -0.05) is 35.9 Å². The molecule has 0 amide bonds. The Kier molecular flexibility index (Phi) is 5.17. The first-order valence-electron chi connectivity index (χ1n) is 7.29. The predicted octanol–water partition coefficient (Wildman–Crippen LogP) is 3.50. The third kappa shape index (κ3) is 4.48. The second-order valence-electron chi connectivity index (χ2n) is 5.69. The molecule has 1 aliphatic heterocycles. The van der Waals surface area contributed by atoms with Crippen LogP contribution in [0.1, 0.15) is 44.2 Å². The van der Waals surface area contributed by atoms with Gasteiger partial charge in [0, 0.05) is 13.1 Å². The number of hydrogen-bond donors (Lipinski definition) is 1. The van der Waals surface area contributed by atoms with Crippen LogP contribution in [0, 0.1) is 0 Å². The molecule has 19 heavy (non-hydrogen) atoms. The van der Waals surface area contributed by atoms with Gasteiger partial charge in [0.1, 0.15) is 0 Å². The molecule has 2 nitrogen and oxygen atoms in total. The van der Waals surface area contributed by atoms with E-state index in [2.05, 4.69) is 36.1 Å². The van der Waals surface area contributed by atoms with Crippen molar-refractivity contribution in [1.82, 2.24) is 4.90 Å². The molecule has 2 rings (SSSR count). The number of aliphatic hydroxyl groups excluding tert-OH is 1. The molecule has 1 aromatic rings. The minimum absolute atomic E-state index is 0.312. The van der Waals surface area contributed by atoms with Gasteiger partial charge in [0.05, 0.1) is 6.10 Å². The lowest BCUT2D eigenvalue weighted by Gasteiger charge is -2.14. The van der Waals surface area contributed by atoms with Crippen LogP contribution >= 0.6 is 0 Å². The number of nitrogens with zero attached hydrogens (tertiary/aromatic N) is 1. The van der Waals surface area contributed by atoms with Gasteiger partial charge < -0.3 is 5.11 Å². The number of allylic oxidation sites excluding steroid dienone is 1. The van der Waals surface area contributed by atoms with Gasteiger partial charge in [-0.2, -0.15) is 0 Å². The van der Waals surface area contributed by atoms with Crippen molar-refractivity contribution in [2.75, 3.05) is 6.54 Å². The number of hydrogen-bond acceptors (Lipinski definition) is 2. The molecule has 1 aliphatic rings. The average Bonchev–Trinajstić information content (AvgIpc) is 2.76. The van der Waals surface area contributed by atoms with E-state index >= 15 is 0 Å². The smallest absolute Gasteiger partial charge is 0.0695 e. The first kappa shape index (κ1) is 14.3. The molecule has 1 N–H and O–H groups in total. The molecule has 0 aliphatic carbocycles. The molecule has 1 unspecified atom stereocenters. The number of benzene rings is 1. The van der Waals surface area contributed by atoms with E-state index in [0.717, 1.165) is 19.5 Å². The van der Waals surface area contributed by atoms with Crippen LogP contribution < -0.4 is 0 Å². The van der Waals surface area contributed by atoms with Gasteiger partial charge in [0.2, 0.25) is 0 Å². The molecule has 0 radical (unpaired) electrons. The number of unbranched alkanes of at least 4 members (excludes halogenated alkanes) is 1. The van der Waals surface area contributed by atoms with Crippen molar-refractivity contribution >= 4 is 0 Å². The van der Waals surface area contributed by atoms with E-state index in [4.69, 9.17) is 0 Å². The summed E-state index contributed by atoms with van der Waals surface area (Å²) in [6.07, 6.45) is 5.19. The van der Waals surface area contributed by atoms with Gasteiger partial charge in [-0.15, -0.1) is 0 Å². The fraction of sp³-hybridized carbons (Fsp3) is 0.529. The van der Waals surface area contributed by atoms with Gasteiger partial charge in [0.25, 0.3) is 0 Å². The quantitative estimate of drug-likeness (QED) is 0.624. The van der Waals surface area contributed by atoms with Crippen LogP contribution in [0.15, 0.2) is 35.9 Å². The van der Waals surface area contributed by atoms with Gasteiger partial charge in [-0.25, -0.2) is 0 Å². The van der Waals surface area contributed by atoms with E-state index in [9.17, 15) is 5.11 Å². The normalized spacial score (nSPS) is 17.5. The molecule has 0 fully saturated rings. The lowest BCUT2D eigenvalue weighted by Crippen LogP contribution is -2.17. The number of aliphatic hydroxyl groups is 1. The number of fused-ring (bicyclic) bond motifs is 1. The Labute approximate surface area is 116 Å². The Bertz CT molecular complexity index is 412. The van der Waals surface area contributed by atoms with Crippen molar-refractivity contribution in [1.29, 1.82) is 0 Å². The van der Waals surface area contributed by atoms with Crippen LogP contribution in [0.3, 0.4) is 0 Å². The summed E-state index contributed by atoms with van der Waals surface area (Å²) in [4.78, 5) is 2.53. The molecule has 1 heterocycles. The molecule has 0 saturated heterocycles. The fourth-order valence-corrected chi connectivity index (χ4v) is 2.80. The Morgan fingerprint density at radius 1 is 1.26 bits per heavy atom. The summed E-state index contributed by atoms with van der Waals surface area (Å²) in [6, 6.07) is 8.74. The van der Waals surface area contributed by atoms with Gasteiger partial charge in [-0.3, -0.25) is 4.90 Å². The van der Waals surface area contributed by atoms with E-state index < -0.39 is 0 Å². The molecule has 0 saturated carbocycles. The van der Waals surface area contributed by atoms with Gasteiger partial charge in [0.15, 0.2) is 0 Å². The molecular weight excluding hydrogens is 234 g/mol. The van der Waals surface area contributed by atoms with E-state index in [0.29, 0.717) is 0 Å². The molecule has 0 bridgehead atoms. The van der Waals surface area contributed by atoms with Crippen molar-refractivity contribution in [3.8, 4) is 0 Å². The topological polar surface area (TPSA) is 23.5 Å². The van der Waals surface area contributed by atoms with Crippen LogP contribution in [-0.2, 0) is 13.1 Å². The van der Waals surface area contributed by atoms with Crippen LogP contribution in [0.2, 0.25) is 0 Å². The fourth-order valence-electron chi connectivity index (χ4n) is 2.80. The van der Waals surface area contributed by atoms with E-state index in [1.165, 1.54) is 36.1 Å². The van der Waals surface area contributed by atoms with E-state index in [1.54, 1.807) is 0 Å². The first-order valence-corrected chi connectivity index (χ1v) is 7.29. The first-order chi connectivity index (χ1) is 9.15. The molecule has 2 heteroatoms. The summed E-state index contributed by atoms with van der Waals surface area (Å²) >= 11 is 0. The van der Waals surface area contributed by atoms with Gasteiger partial charge >= 0.3 is 0 Å². The van der Waals surface area contributed by atoms with Gasteiger partial charge in [-0.05, 0) is 50.8 Å². The van der Waals surface area contributed by atoms with Crippen LogP contribution in [0.25, 0.3) is 0 Å². The summed E-state index contributed by atoms with van der Waals surface area (Å²) in [6.45, 7) is 7.32. The maximum absolute atomic E-state index is 9.27. The summed E-state index contributed by atoms with van der Waals surface area (Å²) < 4.78 is 0. The molecular formula is C17H25NO. The molecule has 104 valence electrons. The summed E-state index contributed by atoms with van der Waals surface area (Å²) in [5.74, 6) is 0. The Morgan fingerprint density at radius 2 is 1.89 bits per heavy atom. The average molecular weight is 259 g/mol. The highest BCUT2D eigenvalue weighted by molar-refractivity contribution is 5.30. The minimum Gasteiger partial charge on any atom is -0.389 e. The maximum Gasteiger partial charge on any atom is 0.0695 e. The molecule has 0 aromatic heterocycles. The lowest BCUT2D eigenvalue weighted by molar-refractivity contribution is 0.242. The van der Waals surface area contributed by atoms with Crippen molar-refractivity contribution in [3.05, 3.63) is 47.0 Å². The Balaban J connectivity index is 1.66. The second kappa shape index (κ2) is 6.88. The highest BCUT2D eigenvalue weighted by Gasteiger charge is 2.16. The minimum atomic E-state index is -0.312. The number of rotatable bonds is 6. The zero-order chi connectivity index (χ0) is 13.7. The molecule has 0 spiro atoms. The van der Waals surface area contributed by atoms with Crippen molar-refractivity contribution < 1.29 is 5.11 Å². The van der Waals surface area contributed by atoms with Crippen molar-refractivity contribution in [3.63, 3.8) is 0 Å². The predicted molar refractivity (Wildman–Crippen MR) is 79.8 cm³/mol. The molecule has 1 atom stereocenters. The van der Waals surface area contributed by atoms with Crippen LogP contribution in [0.5, 0.6) is 0 Å². The second-order valence-corrected chi connectivity index (χ2v) is 5.69. The monoisotopic (exact) mass is 259 g/mol. The summed E-state index contributed by atoms with van der Waals surface area (Å²) in [5, 5.41) is 9.27.